The summed E-state index contributed by atoms with van der Waals surface area (Å²) >= 11 is 0. The second-order valence-electron chi connectivity index (χ2n) is 11.1. The number of aliphatic carboxylic acids is 1. The zero-order chi connectivity index (χ0) is 28.2. The van der Waals surface area contributed by atoms with Gasteiger partial charge < -0.3 is 14.9 Å². The Labute approximate surface area is 237 Å². The molecule has 3 aromatic carbocycles. The molecule has 0 spiro atoms. The standard InChI is InChI=1S/C35H40O5/c36-33(37)26-35(22-23-35)21-20-29(25-28-15-18-31(19-16-28)34(38)39)14-17-30-12-6-7-13-32(30)40-24-8-2-5-11-27-9-3-1-4-10-27/h1,3-4,6-7,9-10,12-19,29H,2,5,8,11,20-26H2,(H,36,37)(H,38,39)/b17-14+/t29-/m1/s1. The highest BCUT2D eigenvalue weighted by molar-refractivity contribution is 5.87. The first kappa shape index (κ1) is 29.1. The summed E-state index contributed by atoms with van der Waals surface area (Å²) in [5.74, 6) is -0.580. The molecule has 0 unspecified atom stereocenters. The van der Waals surface area contributed by atoms with Gasteiger partial charge in [0.05, 0.1) is 18.6 Å². The predicted octanol–water partition coefficient (Wildman–Crippen LogP) is 8.08. The molecule has 1 atom stereocenters. The maximum Gasteiger partial charge on any atom is 0.335 e. The van der Waals surface area contributed by atoms with Crippen molar-refractivity contribution in [3.63, 3.8) is 0 Å². The molecule has 0 aliphatic heterocycles. The normalized spacial score (nSPS) is 14.6. The number of hydrogen-bond donors (Lipinski definition) is 2. The summed E-state index contributed by atoms with van der Waals surface area (Å²) in [7, 11) is 0. The van der Waals surface area contributed by atoms with Crippen molar-refractivity contribution >= 4 is 18.0 Å². The van der Waals surface area contributed by atoms with Crippen LogP contribution in [0.15, 0.2) is 84.9 Å². The summed E-state index contributed by atoms with van der Waals surface area (Å²) in [4.78, 5) is 22.6. The smallest absolute Gasteiger partial charge is 0.335 e. The van der Waals surface area contributed by atoms with Gasteiger partial charge in [0.2, 0.25) is 0 Å². The lowest BCUT2D eigenvalue weighted by atomic mass is 9.87. The van der Waals surface area contributed by atoms with Gasteiger partial charge in [-0.1, -0.05) is 72.8 Å². The second-order valence-corrected chi connectivity index (χ2v) is 11.1. The van der Waals surface area contributed by atoms with Gasteiger partial charge in [0.25, 0.3) is 0 Å². The third-order valence-corrected chi connectivity index (χ3v) is 7.90. The van der Waals surface area contributed by atoms with E-state index in [9.17, 15) is 19.8 Å². The molecular weight excluding hydrogens is 500 g/mol. The van der Waals surface area contributed by atoms with Gasteiger partial charge in [0, 0.05) is 5.56 Å². The molecular formula is C35H40O5. The van der Waals surface area contributed by atoms with E-state index in [-0.39, 0.29) is 23.3 Å². The first-order chi connectivity index (χ1) is 19.4. The average Bonchev–Trinajstić information content (AvgIpc) is 3.72. The fraction of sp³-hybridized carbons (Fsp3) is 0.371. The molecule has 0 aromatic heterocycles. The largest absolute Gasteiger partial charge is 0.493 e. The van der Waals surface area contributed by atoms with Crippen LogP contribution < -0.4 is 4.74 Å². The molecule has 3 aromatic rings. The van der Waals surface area contributed by atoms with E-state index in [4.69, 9.17) is 4.74 Å². The second kappa shape index (κ2) is 14.5. The number of rotatable bonds is 17. The molecule has 0 amide bonds. The topological polar surface area (TPSA) is 83.8 Å². The van der Waals surface area contributed by atoms with E-state index in [1.165, 1.54) is 5.56 Å². The Morgan fingerprint density at radius 3 is 2.27 bits per heavy atom. The molecule has 0 heterocycles. The van der Waals surface area contributed by atoms with E-state index in [0.717, 1.165) is 74.7 Å². The van der Waals surface area contributed by atoms with Gasteiger partial charge in [0.15, 0.2) is 0 Å². The maximum absolute atomic E-state index is 11.4. The monoisotopic (exact) mass is 540 g/mol. The molecule has 4 rings (SSSR count). The van der Waals surface area contributed by atoms with Gasteiger partial charge in [-0.05, 0) is 98.4 Å². The number of carboxylic acid groups (broad SMARTS) is 2. The lowest BCUT2D eigenvalue weighted by Gasteiger charge is -2.18. The Morgan fingerprint density at radius 2 is 1.57 bits per heavy atom. The van der Waals surface area contributed by atoms with Crippen LogP contribution in [0.5, 0.6) is 5.75 Å². The SMILES string of the molecule is O=C(O)CC1(CC[C@@H](/C=C/c2ccccc2OCCCCCc2ccccc2)Cc2ccc(C(=O)O)cc2)CC1. The van der Waals surface area contributed by atoms with E-state index in [0.29, 0.717) is 6.61 Å². The van der Waals surface area contributed by atoms with Crippen LogP contribution in [0.1, 0.15) is 78.4 Å². The Hall–Kier alpha value is -3.86. The van der Waals surface area contributed by atoms with Gasteiger partial charge in [-0.15, -0.1) is 0 Å². The minimum atomic E-state index is -0.930. The molecule has 1 aliphatic carbocycles. The molecule has 1 fully saturated rings. The van der Waals surface area contributed by atoms with E-state index in [2.05, 4.69) is 42.5 Å². The number of ether oxygens (including phenoxy) is 1. The van der Waals surface area contributed by atoms with Gasteiger partial charge in [-0.25, -0.2) is 4.79 Å². The Balaban J connectivity index is 1.35. The number of carboxylic acids is 2. The van der Waals surface area contributed by atoms with Crippen molar-refractivity contribution in [2.45, 2.75) is 64.2 Å². The first-order valence-corrected chi connectivity index (χ1v) is 14.4. The average molecular weight is 541 g/mol. The molecule has 40 heavy (non-hydrogen) atoms. The van der Waals surface area contributed by atoms with Crippen LogP contribution >= 0.6 is 0 Å². The molecule has 0 saturated heterocycles. The van der Waals surface area contributed by atoms with Crippen molar-refractivity contribution < 1.29 is 24.5 Å². The van der Waals surface area contributed by atoms with Crippen LogP contribution in [0.2, 0.25) is 0 Å². The highest BCUT2D eigenvalue weighted by Gasteiger charge is 2.43. The Kier molecular flexibility index (Phi) is 10.6. The van der Waals surface area contributed by atoms with Crippen LogP contribution in [0, 0.1) is 11.3 Å². The van der Waals surface area contributed by atoms with Gasteiger partial charge in [-0.2, -0.15) is 0 Å². The third-order valence-electron chi connectivity index (χ3n) is 7.90. The minimum Gasteiger partial charge on any atom is -0.493 e. The van der Waals surface area contributed by atoms with Crippen LogP contribution in [0.4, 0.5) is 0 Å². The number of unbranched alkanes of at least 4 members (excludes halogenated alkanes) is 2. The number of para-hydroxylation sites is 1. The first-order valence-electron chi connectivity index (χ1n) is 14.4. The zero-order valence-corrected chi connectivity index (χ0v) is 23.1. The van der Waals surface area contributed by atoms with E-state index in [1.54, 1.807) is 12.1 Å². The lowest BCUT2D eigenvalue weighted by molar-refractivity contribution is -0.138. The molecule has 5 heteroatoms. The van der Waals surface area contributed by atoms with E-state index < -0.39 is 11.9 Å². The number of allylic oxidation sites excluding steroid dienone is 1. The summed E-state index contributed by atoms with van der Waals surface area (Å²) in [6.07, 6.45) is 13.4. The van der Waals surface area contributed by atoms with Crippen molar-refractivity contribution in [1.29, 1.82) is 0 Å². The summed E-state index contributed by atoms with van der Waals surface area (Å²) in [5.41, 5.74) is 3.70. The number of carbonyl (C=O) groups is 2. The molecule has 0 radical (unpaired) electrons. The van der Waals surface area contributed by atoms with Crippen LogP contribution in [0.25, 0.3) is 6.08 Å². The third kappa shape index (κ3) is 9.41. The van der Waals surface area contributed by atoms with Crippen molar-refractivity contribution in [3.05, 3.63) is 107 Å². The highest BCUT2D eigenvalue weighted by Crippen LogP contribution is 2.53. The maximum atomic E-state index is 11.4. The van der Waals surface area contributed by atoms with Crippen molar-refractivity contribution in [1.82, 2.24) is 0 Å². The van der Waals surface area contributed by atoms with Crippen LogP contribution in [-0.2, 0) is 17.6 Å². The Bertz CT molecular complexity index is 1260. The lowest BCUT2D eigenvalue weighted by Crippen LogP contribution is -2.11. The molecule has 210 valence electrons. The summed E-state index contributed by atoms with van der Waals surface area (Å²) < 4.78 is 6.17. The summed E-state index contributed by atoms with van der Waals surface area (Å²) in [5, 5.41) is 18.6. The molecule has 5 nitrogen and oxygen atoms in total. The van der Waals surface area contributed by atoms with Gasteiger partial charge in [0.1, 0.15) is 5.75 Å². The van der Waals surface area contributed by atoms with Crippen molar-refractivity contribution in [3.8, 4) is 5.75 Å². The van der Waals surface area contributed by atoms with E-state index >= 15 is 0 Å². The van der Waals surface area contributed by atoms with Crippen LogP contribution in [-0.4, -0.2) is 28.8 Å². The molecule has 1 saturated carbocycles. The number of hydrogen-bond acceptors (Lipinski definition) is 3. The highest BCUT2D eigenvalue weighted by atomic mass is 16.5. The molecule has 1 aliphatic rings. The number of benzene rings is 3. The van der Waals surface area contributed by atoms with Crippen molar-refractivity contribution in [2.75, 3.05) is 6.61 Å². The molecule has 0 bridgehead atoms. The van der Waals surface area contributed by atoms with Gasteiger partial charge in [-0.3, -0.25) is 4.79 Å². The fourth-order valence-electron chi connectivity index (χ4n) is 5.28. The minimum absolute atomic E-state index is 0.0629. The Morgan fingerprint density at radius 1 is 0.850 bits per heavy atom. The summed E-state index contributed by atoms with van der Waals surface area (Å²) in [6, 6.07) is 25.7. The summed E-state index contributed by atoms with van der Waals surface area (Å²) in [6.45, 7) is 0.677. The zero-order valence-electron chi connectivity index (χ0n) is 23.1. The number of aryl methyl sites for hydroxylation is 1. The van der Waals surface area contributed by atoms with E-state index in [1.807, 2.05) is 36.4 Å². The van der Waals surface area contributed by atoms with Crippen LogP contribution in [0.3, 0.4) is 0 Å². The predicted molar refractivity (Wildman–Crippen MR) is 159 cm³/mol. The quantitative estimate of drug-likeness (QED) is 0.169. The van der Waals surface area contributed by atoms with Gasteiger partial charge >= 0.3 is 11.9 Å². The molecule has 2 N–H and O–H groups in total. The fourth-order valence-corrected chi connectivity index (χ4v) is 5.28. The van der Waals surface area contributed by atoms with Crippen molar-refractivity contribution in [2.24, 2.45) is 11.3 Å². The number of aromatic carboxylic acids is 1.